The van der Waals surface area contributed by atoms with E-state index in [1.165, 1.54) is 0 Å². The fourth-order valence-corrected chi connectivity index (χ4v) is 1.35. The molecule has 78 valence electrons. The number of phenols is 1. The van der Waals surface area contributed by atoms with Crippen molar-refractivity contribution in [2.45, 2.75) is 6.61 Å². The summed E-state index contributed by atoms with van der Waals surface area (Å²) in [6.45, 7) is 0.519. The predicted octanol–water partition coefficient (Wildman–Crippen LogP) is 1.93. The number of nitrogens with one attached hydrogen (secondary N) is 1. The molecule has 1 heterocycles. The molecular formula is C11H12N2O2. The van der Waals surface area contributed by atoms with E-state index in [2.05, 4.69) is 9.97 Å². The summed E-state index contributed by atoms with van der Waals surface area (Å²) in [4.78, 5) is 7.35. The second kappa shape index (κ2) is 4.14. The van der Waals surface area contributed by atoms with Gasteiger partial charge in [-0.3, -0.25) is 0 Å². The summed E-state index contributed by atoms with van der Waals surface area (Å²) in [5.41, 5.74) is 1.87. The number of aromatic nitrogens is 2. The van der Waals surface area contributed by atoms with Crippen molar-refractivity contribution in [2.75, 3.05) is 7.11 Å². The third-order valence-electron chi connectivity index (χ3n) is 2.07. The van der Waals surface area contributed by atoms with Gasteiger partial charge in [0.05, 0.1) is 18.5 Å². The van der Waals surface area contributed by atoms with Crippen LogP contribution in [0.2, 0.25) is 0 Å². The Bertz CT molecular complexity index is 434. The first-order valence-corrected chi connectivity index (χ1v) is 4.62. The van der Waals surface area contributed by atoms with Crippen LogP contribution in [0.3, 0.4) is 0 Å². The highest BCUT2D eigenvalue weighted by molar-refractivity contribution is 5.56. The maximum absolute atomic E-state index is 9.14. The molecule has 0 saturated carbocycles. The zero-order valence-electron chi connectivity index (χ0n) is 8.40. The van der Waals surface area contributed by atoms with Crippen LogP contribution >= 0.6 is 0 Å². The molecule has 4 nitrogen and oxygen atoms in total. The monoisotopic (exact) mass is 204 g/mol. The van der Waals surface area contributed by atoms with E-state index >= 15 is 0 Å². The van der Waals surface area contributed by atoms with E-state index in [4.69, 9.17) is 9.84 Å². The predicted molar refractivity (Wildman–Crippen MR) is 56.4 cm³/mol. The standard InChI is InChI=1S/C11H12N2O2/c1-15-7-9-6-12-11(13-9)8-2-4-10(14)5-3-8/h2-6,14H,7H2,1H3,(H,12,13). The van der Waals surface area contributed by atoms with Crippen molar-refractivity contribution in [3.05, 3.63) is 36.2 Å². The third-order valence-corrected chi connectivity index (χ3v) is 2.07. The minimum absolute atomic E-state index is 0.252. The number of aromatic amines is 1. The van der Waals surface area contributed by atoms with Crippen LogP contribution in [0.25, 0.3) is 11.4 Å². The molecular weight excluding hydrogens is 192 g/mol. The number of benzene rings is 1. The molecule has 0 unspecified atom stereocenters. The molecule has 0 bridgehead atoms. The van der Waals surface area contributed by atoms with E-state index in [0.29, 0.717) is 6.61 Å². The van der Waals surface area contributed by atoms with E-state index < -0.39 is 0 Å². The number of rotatable bonds is 3. The number of phenolic OH excluding ortho intramolecular Hbond substituents is 1. The highest BCUT2D eigenvalue weighted by Gasteiger charge is 2.02. The minimum Gasteiger partial charge on any atom is -0.508 e. The van der Waals surface area contributed by atoms with Gasteiger partial charge in [0.1, 0.15) is 11.6 Å². The highest BCUT2D eigenvalue weighted by Crippen LogP contribution is 2.18. The molecule has 15 heavy (non-hydrogen) atoms. The van der Waals surface area contributed by atoms with Gasteiger partial charge < -0.3 is 14.8 Å². The lowest BCUT2D eigenvalue weighted by Gasteiger charge is -1.97. The molecule has 0 atom stereocenters. The van der Waals surface area contributed by atoms with Crippen LogP contribution in [-0.2, 0) is 11.3 Å². The summed E-state index contributed by atoms with van der Waals surface area (Å²) in [6, 6.07) is 6.89. The zero-order chi connectivity index (χ0) is 10.7. The Morgan fingerprint density at radius 2 is 2.07 bits per heavy atom. The lowest BCUT2D eigenvalue weighted by atomic mass is 10.2. The van der Waals surface area contributed by atoms with Gasteiger partial charge in [0, 0.05) is 12.7 Å². The average molecular weight is 204 g/mol. The quantitative estimate of drug-likeness (QED) is 0.803. The third kappa shape index (κ3) is 2.16. The van der Waals surface area contributed by atoms with E-state index in [1.54, 1.807) is 25.4 Å². The molecule has 0 aliphatic heterocycles. The average Bonchev–Trinajstić information content (AvgIpc) is 2.68. The number of methoxy groups -OCH3 is 1. The van der Waals surface area contributed by atoms with E-state index in [9.17, 15) is 0 Å². The summed E-state index contributed by atoms with van der Waals surface area (Å²) in [5, 5.41) is 9.14. The number of H-pyrrole nitrogens is 1. The molecule has 0 aliphatic rings. The fourth-order valence-electron chi connectivity index (χ4n) is 1.35. The smallest absolute Gasteiger partial charge is 0.137 e. The van der Waals surface area contributed by atoms with Crippen molar-refractivity contribution in [1.82, 2.24) is 9.97 Å². The number of imidazole rings is 1. The molecule has 1 aromatic carbocycles. The molecule has 1 aromatic heterocycles. The molecule has 2 aromatic rings. The Morgan fingerprint density at radius 1 is 1.33 bits per heavy atom. The van der Waals surface area contributed by atoms with Crippen LogP contribution in [0.4, 0.5) is 0 Å². The van der Waals surface area contributed by atoms with Crippen molar-refractivity contribution >= 4 is 0 Å². The Hall–Kier alpha value is -1.81. The number of nitrogens with zero attached hydrogens (tertiary/aromatic N) is 1. The molecule has 0 saturated heterocycles. The minimum atomic E-state index is 0.252. The molecule has 0 radical (unpaired) electrons. The lowest BCUT2D eigenvalue weighted by molar-refractivity contribution is 0.182. The Balaban J connectivity index is 2.25. The van der Waals surface area contributed by atoms with Gasteiger partial charge >= 0.3 is 0 Å². The molecule has 0 amide bonds. The molecule has 0 aliphatic carbocycles. The van der Waals surface area contributed by atoms with E-state index in [1.807, 2.05) is 12.1 Å². The topological polar surface area (TPSA) is 58.1 Å². The Labute approximate surface area is 87.6 Å². The number of ether oxygens (including phenoxy) is 1. The van der Waals surface area contributed by atoms with Gasteiger partial charge in [-0.15, -0.1) is 0 Å². The summed E-state index contributed by atoms with van der Waals surface area (Å²) in [5.74, 6) is 1.03. The van der Waals surface area contributed by atoms with Crippen molar-refractivity contribution < 1.29 is 9.84 Å². The summed E-state index contributed by atoms with van der Waals surface area (Å²) in [7, 11) is 1.64. The van der Waals surface area contributed by atoms with Crippen molar-refractivity contribution in [1.29, 1.82) is 0 Å². The van der Waals surface area contributed by atoms with Gasteiger partial charge in [-0.2, -0.15) is 0 Å². The van der Waals surface area contributed by atoms with Crippen LogP contribution in [0, 0.1) is 0 Å². The summed E-state index contributed by atoms with van der Waals surface area (Å²) < 4.78 is 4.98. The number of aromatic hydroxyl groups is 1. The maximum atomic E-state index is 9.14. The van der Waals surface area contributed by atoms with Gasteiger partial charge in [0.15, 0.2) is 0 Å². The van der Waals surface area contributed by atoms with Gasteiger partial charge in [0.25, 0.3) is 0 Å². The van der Waals surface area contributed by atoms with Crippen LogP contribution in [0.1, 0.15) is 5.69 Å². The molecule has 2 N–H and O–H groups in total. The Morgan fingerprint density at radius 3 is 2.73 bits per heavy atom. The van der Waals surface area contributed by atoms with Gasteiger partial charge in [-0.25, -0.2) is 4.98 Å². The molecule has 0 spiro atoms. The van der Waals surface area contributed by atoms with Gasteiger partial charge in [0.2, 0.25) is 0 Å². The lowest BCUT2D eigenvalue weighted by Crippen LogP contribution is -1.86. The number of hydrogen-bond donors (Lipinski definition) is 2. The second-order valence-electron chi connectivity index (χ2n) is 3.24. The first-order valence-electron chi connectivity index (χ1n) is 4.62. The normalized spacial score (nSPS) is 10.5. The Kier molecular flexibility index (Phi) is 2.69. The van der Waals surface area contributed by atoms with Crippen molar-refractivity contribution in [3.63, 3.8) is 0 Å². The van der Waals surface area contributed by atoms with Crippen LogP contribution in [0.15, 0.2) is 30.5 Å². The SMILES string of the molecule is COCc1cnc(-c2ccc(O)cc2)[nH]1. The first-order chi connectivity index (χ1) is 7.29. The summed E-state index contributed by atoms with van der Waals surface area (Å²) >= 11 is 0. The van der Waals surface area contributed by atoms with Crippen molar-refractivity contribution in [3.8, 4) is 17.1 Å². The fraction of sp³-hybridized carbons (Fsp3) is 0.182. The van der Waals surface area contributed by atoms with Gasteiger partial charge in [-0.05, 0) is 24.3 Å². The van der Waals surface area contributed by atoms with Crippen molar-refractivity contribution in [2.24, 2.45) is 0 Å². The van der Waals surface area contributed by atoms with E-state index in [0.717, 1.165) is 17.1 Å². The maximum Gasteiger partial charge on any atom is 0.137 e. The van der Waals surface area contributed by atoms with E-state index in [-0.39, 0.29) is 5.75 Å². The summed E-state index contributed by atoms with van der Waals surface area (Å²) in [6.07, 6.45) is 1.74. The van der Waals surface area contributed by atoms with Crippen LogP contribution in [-0.4, -0.2) is 22.2 Å². The second-order valence-corrected chi connectivity index (χ2v) is 3.24. The largest absolute Gasteiger partial charge is 0.508 e. The molecule has 2 rings (SSSR count). The number of hydrogen-bond acceptors (Lipinski definition) is 3. The van der Waals surface area contributed by atoms with Crippen LogP contribution in [0.5, 0.6) is 5.75 Å². The van der Waals surface area contributed by atoms with Gasteiger partial charge in [-0.1, -0.05) is 0 Å². The highest BCUT2D eigenvalue weighted by atomic mass is 16.5. The molecule has 4 heteroatoms. The van der Waals surface area contributed by atoms with Crippen LogP contribution < -0.4 is 0 Å². The first kappa shape index (κ1) is 9.73. The molecule has 0 fully saturated rings. The zero-order valence-corrected chi connectivity index (χ0v) is 8.40.